The fraction of sp³-hybridized carbons (Fsp3) is 0.333. The first-order valence-corrected chi connectivity index (χ1v) is 9.35. The summed E-state index contributed by atoms with van der Waals surface area (Å²) in [6, 6.07) is 16.0. The number of rotatable bonds is 4. The SMILES string of the molecule is CN(C(=O)c1cc2cccn2c(=O)[nH]1)C1CCN(Cc2ccccc2)CC1. The molecule has 0 unspecified atom stereocenters. The van der Waals surface area contributed by atoms with E-state index in [1.807, 2.05) is 19.2 Å². The van der Waals surface area contributed by atoms with Gasteiger partial charge in [-0.1, -0.05) is 30.3 Å². The molecule has 3 aromatic rings. The van der Waals surface area contributed by atoms with Crippen molar-refractivity contribution in [3.05, 3.63) is 76.5 Å². The van der Waals surface area contributed by atoms with Crippen LogP contribution in [0.5, 0.6) is 0 Å². The largest absolute Gasteiger partial charge is 0.337 e. The molecule has 1 aromatic carbocycles. The zero-order chi connectivity index (χ0) is 18.8. The molecule has 0 bridgehead atoms. The van der Waals surface area contributed by atoms with Gasteiger partial charge < -0.3 is 9.88 Å². The average molecular weight is 364 g/mol. The van der Waals surface area contributed by atoms with Crippen LogP contribution in [0.15, 0.2) is 59.5 Å². The standard InChI is InChI=1S/C21H24N4O2/c1-23(20(26)19-14-18-8-5-11-25(18)21(27)22-19)17-9-12-24(13-10-17)15-16-6-3-2-4-7-16/h2-8,11,14,17H,9-10,12-13,15H2,1H3,(H,22,27). The second-order valence-corrected chi connectivity index (χ2v) is 7.20. The summed E-state index contributed by atoms with van der Waals surface area (Å²) in [7, 11) is 1.83. The maximum absolute atomic E-state index is 12.9. The highest BCUT2D eigenvalue weighted by atomic mass is 16.2. The van der Waals surface area contributed by atoms with Crippen molar-refractivity contribution >= 4 is 11.4 Å². The monoisotopic (exact) mass is 364 g/mol. The molecule has 0 spiro atoms. The molecule has 1 N–H and O–H groups in total. The normalized spacial score (nSPS) is 15.9. The van der Waals surface area contributed by atoms with E-state index in [0.717, 1.165) is 38.0 Å². The number of nitrogens with one attached hydrogen (secondary N) is 1. The summed E-state index contributed by atoms with van der Waals surface area (Å²) in [5.74, 6) is -0.127. The van der Waals surface area contributed by atoms with Gasteiger partial charge in [0.25, 0.3) is 5.91 Å². The number of piperidine rings is 1. The van der Waals surface area contributed by atoms with Gasteiger partial charge in [0.15, 0.2) is 0 Å². The lowest BCUT2D eigenvalue weighted by Gasteiger charge is -2.36. The lowest BCUT2D eigenvalue weighted by molar-refractivity contribution is 0.0630. The summed E-state index contributed by atoms with van der Waals surface area (Å²) in [4.78, 5) is 31.9. The van der Waals surface area contributed by atoms with Crippen LogP contribution in [-0.4, -0.2) is 51.3 Å². The van der Waals surface area contributed by atoms with E-state index >= 15 is 0 Å². The van der Waals surface area contributed by atoms with Gasteiger partial charge in [0.1, 0.15) is 5.69 Å². The third-order valence-electron chi connectivity index (χ3n) is 5.44. The highest BCUT2D eigenvalue weighted by Gasteiger charge is 2.26. The molecule has 3 heterocycles. The van der Waals surface area contributed by atoms with E-state index in [9.17, 15) is 9.59 Å². The third kappa shape index (κ3) is 3.66. The van der Waals surface area contributed by atoms with E-state index in [-0.39, 0.29) is 17.6 Å². The molecule has 1 fully saturated rings. The summed E-state index contributed by atoms with van der Waals surface area (Å²) in [5, 5.41) is 0. The number of nitrogens with zero attached hydrogens (tertiary/aromatic N) is 3. The highest BCUT2D eigenvalue weighted by molar-refractivity contribution is 5.93. The van der Waals surface area contributed by atoms with Crippen LogP contribution in [-0.2, 0) is 6.54 Å². The van der Waals surface area contributed by atoms with E-state index in [2.05, 4.69) is 34.1 Å². The van der Waals surface area contributed by atoms with Crippen LogP contribution in [0.2, 0.25) is 0 Å². The molecule has 140 valence electrons. The second kappa shape index (κ2) is 7.40. The van der Waals surface area contributed by atoms with Gasteiger partial charge >= 0.3 is 5.69 Å². The Morgan fingerprint density at radius 2 is 1.89 bits per heavy atom. The Labute approximate surface area is 158 Å². The fourth-order valence-electron chi connectivity index (χ4n) is 3.83. The molecule has 4 rings (SSSR count). The molecule has 0 radical (unpaired) electrons. The highest BCUT2D eigenvalue weighted by Crippen LogP contribution is 2.19. The Kier molecular flexibility index (Phi) is 4.81. The van der Waals surface area contributed by atoms with Crippen molar-refractivity contribution in [2.75, 3.05) is 20.1 Å². The Hall–Kier alpha value is -2.86. The zero-order valence-corrected chi connectivity index (χ0v) is 15.5. The van der Waals surface area contributed by atoms with Crippen molar-refractivity contribution in [3.8, 4) is 0 Å². The first kappa shape index (κ1) is 17.5. The molecule has 1 amide bonds. The summed E-state index contributed by atoms with van der Waals surface area (Å²) in [6.45, 7) is 2.88. The number of benzene rings is 1. The lowest BCUT2D eigenvalue weighted by atomic mass is 10.0. The summed E-state index contributed by atoms with van der Waals surface area (Å²) in [6.07, 6.45) is 3.56. The molecule has 27 heavy (non-hydrogen) atoms. The van der Waals surface area contributed by atoms with Crippen LogP contribution >= 0.6 is 0 Å². The van der Waals surface area contributed by atoms with Gasteiger partial charge in [-0.25, -0.2) is 4.79 Å². The fourth-order valence-corrected chi connectivity index (χ4v) is 3.83. The van der Waals surface area contributed by atoms with Crippen LogP contribution in [0.4, 0.5) is 0 Å². The summed E-state index contributed by atoms with van der Waals surface area (Å²) < 4.78 is 1.50. The number of likely N-dealkylation sites (tertiary alicyclic amines) is 1. The minimum absolute atomic E-state index is 0.127. The topological polar surface area (TPSA) is 60.8 Å². The number of aromatic amines is 1. The lowest BCUT2D eigenvalue weighted by Crippen LogP contribution is -2.45. The molecule has 2 aromatic heterocycles. The van der Waals surface area contributed by atoms with Crippen LogP contribution in [0, 0.1) is 0 Å². The molecular formula is C21H24N4O2. The van der Waals surface area contributed by atoms with E-state index in [4.69, 9.17) is 0 Å². The minimum atomic E-state index is -0.285. The number of fused-ring (bicyclic) bond motifs is 1. The maximum Gasteiger partial charge on any atom is 0.330 e. The van der Waals surface area contributed by atoms with Gasteiger partial charge in [0, 0.05) is 38.9 Å². The number of aromatic nitrogens is 2. The molecule has 1 aliphatic rings. The zero-order valence-electron chi connectivity index (χ0n) is 15.5. The molecule has 6 heteroatoms. The Morgan fingerprint density at radius 3 is 2.63 bits per heavy atom. The predicted octanol–water partition coefficient (Wildman–Crippen LogP) is 2.36. The molecule has 6 nitrogen and oxygen atoms in total. The van der Waals surface area contributed by atoms with Gasteiger partial charge in [-0.05, 0) is 36.6 Å². The number of hydrogen-bond acceptors (Lipinski definition) is 3. The van der Waals surface area contributed by atoms with Crippen molar-refractivity contribution in [1.82, 2.24) is 19.2 Å². The first-order valence-electron chi connectivity index (χ1n) is 9.35. The Balaban J connectivity index is 1.40. The van der Waals surface area contributed by atoms with Gasteiger partial charge in [-0.3, -0.25) is 14.1 Å². The quantitative estimate of drug-likeness (QED) is 0.773. The van der Waals surface area contributed by atoms with Crippen molar-refractivity contribution in [2.45, 2.75) is 25.4 Å². The van der Waals surface area contributed by atoms with Crippen LogP contribution < -0.4 is 5.69 Å². The molecule has 0 aliphatic carbocycles. The van der Waals surface area contributed by atoms with Gasteiger partial charge in [-0.2, -0.15) is 0 Å². The van der Waals surface area contributed by atoms with E-state index in [0.29, 0.717) is 5.69 Å². The number of H-pyrrole nitrogens is 1. The van der Waals surface area contributed by atoms with Gasteiger partial charge in [0.2, 0.25) is 0 Å². The molecule has 1 aliphatic heterocycles. The third-order valence-corrected chi connectivity index (χ3v) is 5.44. The second-order valence-electron chi connectivity index (χ2n) is 7.20. The van der Waals surface area contributed by atoms with Crippen LogP contribution in [0.3, 0.4) is 0 Å². The number of carbonyl (C=O) groups excluding carboxylic acids is 1. The van der Waals surface area contributed by atoms with Gasteiger partial charge in [0.05, 0.1) is 5.52 Å². The summed E-state index contributed by atoms with van der Waals surface area (Å²) >= 11 is 0. The average Bonchev–Trinajstić information content (AvgIpc) is 3.17. The number of carbonyl (C=O) groups is 1. The number of hydrogen-bond donors (Lipinski definition) is 1. The minimum Gasteiger partial charge on any atom is -0.337 e. The van der Waals surface area contributed by atoms with Crippen molar-refractivity contribution in [2.24, 2.45) is 0 Å². The first-order chi connectivity index (χ1) is 13.1. The van der Waals surface area contributed by atoms with Crippen LogP contribution in [0.25, 0.3) is 5.52 Å². The van der Waals surface area contributed by atoms with Crippen molar-refractivity contribution in [1.29, 1.82) is 0 Å². The van der Waals surface area contributed by atoms with E-state index in [1.54, 1.807) is 23.2 Å². The maximum atomic E-state index is 12.9. The van der Waals surface area contributed by atoms with Crippen molar-refractivity contribution in [3.63, 3.8) is 0 Å². The van der Waals surface area contributed by atoms with Crippen molar-refractivity contribution < 1.29 is 4.79 Å². The van der Waals surface area contributed by atoms with E-state index < -0.39 is 0 Å². The summed E-state index contributed by atoms with van der Waals surface area (Å²) in [5.41, 5.74) is 2.11. The molecule has 0 saturated carbocycles. The van der Waals surface area contributed by atoms with Crippen LogP contribution in [0.1, 0.15) is 28.9 Å². The van der Waals surface area contributed by atoms with Gasteiger partial charge in [-0.15, -0.1) is 0 Å². The smallest absolute Gasteiger partial charge is 0.330 e. The predicted molar refractivity (Wildman–Crippen MR) is 105 cm³/mol. The Morgan fingerprint density at radius 1 is 1.15 bits per heavy atom. The Bertz CT molecular complexity index is 984. The molecule has 0 atom stereocenters. The molecule has 1 saturated heterocycles. The number of amides is 1. The molecular weight excluding hydrogens is 340 g/mol. The van der Waals surface area contributed by atoms with E-state index in [1.165, 1.54) is 9.96 Å².